The molecule has 0 aliphatic rings. The first kappa shape index (κ1) is 19.7. The van der Waals surface area contributed by atoms with Crippen LogP contribution in [0.1, 0.15) is 16.7 Å². The predicted molar refractivity (Wildman–Crippen MR) is 98.5 cm³/mol. The number of nitro groups is 1. The van der Waals surface area contributed by atoms with Gasteiger partial charge in [-0.1, -0.05) is 12.1 Å². The zero-order valence-corrected chi connectivity index (χ0v) is 15.1. The monoisotopic (exact) mass is 373 g/mol. The van der Waals surface area contributed by atoms with Gasteiger partial charge in [-0.25, -0.2) is 5.43 Å². The Balaban J connectivity index is 2.00. The number of nitrogens with one attached hydrogen (secondary N) is 1. The third kappa shape index (κ3) is 5.18. The number of carbonyl (C=O) groups excluding carboxylic acids is 1. The fourth-order valence-electron chi connectivity index (χ4n) is 2.20. The molecule has 0 aromatic heterocycles. The number of benzene rings is 2. The van der Waals surface area contributed by atoms with Crippen LogP contribution < -0.4 is 14.9 Å². The van der Waals surface area contributed by atoms with Crippen LogP contribution >= 0.6 is 0 Å². The van der Waals surface area contributed by atoms with Gasteiger partial charge in [-0.15, -0.1) is 0 Å². The fraction of sp³-hybridized carbons (Fsp3) is 0.222. The maximum Gasteiger partial charge on any atom is 0.315 e. The Bertz CT molecular complexity index is 895. The molecule has 0 aliphatic carbocycles. The van der Waals surface area contributed by atoms with E-state index in [1.807, 2.05) is 32.0 Å². The molecule has 0 atom stereocenters. The third-order valence-electron chi connectivity index (χ3n) is 3.60. The van der Waals surface area contributed by atoms with E-state index in [4.69, 9.17) is 9.47 Å². The Kier molecular flexibility index (Phi) is 6.32. The number of carbonyl (C=O) groups is 1. The van der Waals surface area contributed by atoms with Crippen molar-refractivity contribution in [1.82, 2.24) is 5.43 Å². The highest BCUT2D eigenvalue weighted by molar-refractivity contribution is 5.85. The molecule has 2 N–H and O–H groups in total. The molecule has 27 heavy (non-hydrogen) atoms. The molecular weight excluding hydrogens is 354 g/mol. The van der Waals surface area contributed by atoms with Crippen molar-refractivity contribution in [1.29, 1.82) is 0 Å². The molecule has 9 heteroatoms. The summed E-state index contributed by atoms with van der Waals surface area (Å²) >= 11 is 0. The highest BCUT2D eigenvalue weighted by Gasteiger charge is 2.19. The molecule has 0 heterocycles. The number of hydrogen-bond acceptors (Lipinski definition) is 7. The molecule has 0 aliphatic heterocycles. The predicted octanol–water partition coefficient (Wildman–Crippen LogP) is 2.45. The van der Waals surface area contributed by atoms with Crippen LogP contribution in [0, 0.1) is 24.0 Å². The first-order chi connectivity index (χ1) is 12.8. The summed E-state index contributed by atoms with van der Waals surface area (Å²) in [5.74, 6) is -0.540. The summed E-state index contributed by atoms with van der Waals surface area (Å²) in [7, 11) is 1.27. The molecule has 0 unspecified atom stereocenters. The number of nitrogens with zero attached hydrogens (tertiary/aromatic N) is 2. The number of phenols is 1. The van der Waals surface area contributed by atoms with Gasteiger partial charge in [0.05, 0.1) is 18.2 Å². The quantitative estimate of drug-likeness (QED) is 0.436. The number of methoxy groups -OCH3 is 1. The van der Waals surface area contributed by atoms with E-state index >= 15 is 0 Å². The van der Waals surface area contributed by atoms with Gasteiger partial charge in [-0.3, -0.25) is 14.9 Å². The van der Waals surface area contributed by atoms with E-state index in [0.717, 1.165) is 17.2 Å². The van der Waals surface area contributed by atoms with Crippen LogP contribution in [0.2, 0.25) is 0 Å². The molecule has 0 spiro atoms. The maximum atomic E-state index is 11.8. The van der Waals surface area contributed by atoms with Gasteiger partial charge in [-0.2, -0.15) is 5.10 Å². The number of rotatable bonds is 7. The lowest BCUT2D eigenvalue weighted by atomic mass is 10.1. The summed E-state index contributed by atoms with van der Waals surface area (Å²) in [6.45, 7) is 3.55. The summed E-state index contributed by atoms with van der Waals surface area (Å²) in [5, 5.41) is 24.4. The van der Waals surface area contributed by atoms with Crippen molar-refractivity contribution in [3.8, 4) is 17.2 Å². The summed E-state index contributed by atoms with van der Waals surface area (Å²) in [5.41, 5.74) is 3.93. The molecule has 0 radical (unpaired) electrons. The topological polar surface area (TPSA) is 123 Å². The molecule has 2 aromatic rings. The van der Waals surface area contributed by atoms with Crippen molar-refractivity contribution in [2.24, 2.45) is 5.10 Å². The molecule has 142 valence electrons. The van der Waals surface area contributed by atoms with Crippen LogP contribution in [0.15, 0.2) is 35.4 Å². The number of ether oxygens (including phenoxy) is 2. The Morgan fingerprint density at radius 2 is 2.04 bits per heavy atom. The third-order valence-corrected chi connectivity index (χ3v) is 3.60. The molecule has 0 saturated carbocycles. The standard InChI is InChI=1S/C18H19N3O6/c1-11-4-5-12(2)15(6-11)27-10-17(22)20-19-9-13-7-14(21(24)25)18(23)16(8-13)26-3/h4-9,23H,10H2,1-3H3,(H,20,22)/b19-9+. The van der Waals surface area contributed by atoms with Crippen LogP contribution in [0.25, 0.3) is 0 Å². The smallest absolute Gasteiger partial charge is 0.315 e. The molecular formula is C18H19N3O6. The lowest BCUT2D eigenvalue weighted by Gasteiger charge is -2.09. The minimum atomic E-state index is -0.744. The molecule has 0 fully saturated rings. The van der Waals surface area contributed by atoms with E-state index in [1.165, 1.54) is 19.4 Å². The number of aromatic hydroxyl groups is 1. The largest absolute Gasteiger partial charge is 0.500 e. The van der Waals surface area contributed by atoms with Crippen molar-refractivity contribution in [2.45, 2.75) is 13.8 Å². The maximum absolute atomic E-state index is 11.8. The van der Waals surface area contributed by atoms with Crippen molar-refractivity contribution >= 4 is 17.8 Å². The van der Waals surface area contributed by atoms with E-state index in [2.05, 4.69) is 10.5 Å². The van der Waals surface area contributed by atoms with Gasteiger partial charge in [0.15, 0.2) is 12.4 Å². The van der Waals surface area contributed by atoms with Gasteiger partial charge < -0.3 is 14.6 Å². The van der Waals surface area contributed by atoms with E-state index in [1.54, 1.807) is 0 Å². The lowest BCUT2D eigenvalue weighted by Crippen LogP contribution is -2.24. The Morgan fingerprint density at radius 3 is 2.70 bits per heavy atom. The van der Waals surface area contributed by atoms with Gasteiger partial charge in [0, 0.05) is 11.6 Å². The van der Waals surface area contributed by atoms with Gasteiger partial charge >= 0.3 is 5.69 Å². The van der Waals surface area contributed by atoms with Gasteiger partial charge in [0.25, 0.3) is 5.91 Å². The summed E-state index contributed by atoms with van der Waals surface area (Å²) in [6.07, 6.45) is 1.20. The molecule has 9 nitrogen and oxygen atoms in total. The molecule has 0 bridgehead atoms. The second-order valence-electron chi connectivity index (χ2n) is 5.70. The number of hydrogen-bond donors (Lipinski definition) is 2. The molecule has 0 saturated heterocycles. The van der Waals surface area contributed by atoms with Crippen molar-refractivity contribution in [3.05, 3.63) is 57.1 Å². The van der Waals surface area contributed by atoms with E-state index in [0.29, 0.717) is 5.75 Å². The van der Waals surface area contributed by atoms with E-state index in [-0.39, 0.29) is 17.9 Å². The summed E-state index contributed by atoms with van der Waals surface area (Å²) in [4.78, 5) is 22.0. The van der Waals surface area contributed by atoms with Crippen LogP contribution in [0.3, 0.4) is 0 Å². The Morgan fingerprint density at radius 1 is 1.30 bits per heavy atom. The van der Waals surface area contributed by atoms with Gasteiger partial charge in [0.2, 0.25) is 5.75 Å². The summed E-state index contributed by atoms with van der Waals surface area (Å²) < 4.78 is 10.3. The van der Waals surface area contributed by atoms with Crippen LogP contribution in [0.4, 0.5) is 5.69 Å². The zero-order chi connectivity index (χ0) is 20.0. The molecule has 2 rings (SSSR count). The molecule has 1 amide bonds. The number of phenolic OH excluding ortho intramolecular Hbond substituents is 1. The van der Waals surface area contributed by atoms with Gasteiger partial charge in [-0.05, 0) is 37.1 Å². The Hall–Kier alpha value is -3.62. The average molecular weight is 373 g/mol. The Labute approximate surface area is 155 Å². The first-order valence-corrected chi connectivity index (χ1v) is 7.89. The second-order valence-corrected chi connectivity index (χ2v) is 5.70. The normalized spacial score (nSPS) is 10.6. The van der Waals surface area contributed by atoms with Crippen molar-refractivity contribution in [3.63, 3.8) is 0 Å². The van der Waals surface area contributed by atoms with E-state index < -0.39 is 22.3 Å². The van der Waals surface area contributed by atoms with E-state index in [9.17, 15) is 20.0 Å². The van der Waals surface area contributed by atoms with Crippen LogP contribution in [-0.2, 0) is 4.79 Å². The zero-order valence-electron chi connectivity index (χ0n) is 15.1. The average Bonchev–Trinajstić information content (AvgIpc) is 2.63. The van der Waals surface area contributed by atoms with Crippen LogP contribution in [-0.4, -0.2) is 35.9 Å². The van der Waals surface area contributed by atoms with Crippen molar-refractivity contribution in [2.75, 3.05) is 13.7 Å². The van der Waals surface area contributed by atoms with Crippen molar-refractivity contribution < 1.29 is 24.3 Å². The highest BCUT2D eigenvalue weighted by Crippen LogP contribution is 2.36. The fourth-order valence-corrected chi connectivity index (χ4v) is 2.20. The first-order valence-electron chi connectivity index (χ1n) is 7.89. The summed E-state index contributed by atoms with van der Waals surface area (Å²) in [6, 6.07) is 8.13. The lowest BCUT2D eigenvalue weighted by molar-refractivity contribution is -0.386. The SMILES string of the molecule is COc1cc(/C=N/NC(=O)COc2cc(C)ccc2C)cc([N+](=O)[O-])c1O. The van der Waals surface area contributed by atoms with Gasteiger partial charge in [0.1, 0.15) is 5.75 Å². The number of aryl methyl sites for hydroxylation is 2. The number of hydrazone groups is 1. The number of nitro benzene ring substituents is 1. The molecule has 2 aromatic carbocycles. The van der Waals surface area contributed by atoms with Crippen LogP contribution in [0.5, 0.6) is 17.2 Å². The minimum absolute atomic E-state index is 0.0739. The highest BCUT2D eigenvalue weighted by atomic mass is 16.6. The second kappa shape index (κ2) is 8.65. The number of amides is 1. The minimum Gasteiger partial charge on any atom is -0.500 e.